The quantitative estimate of drug-likeness (QED) is 0.921. The van der Waals surface area contributed by atoms with E-state index in [1.54, 1.807) is 0 Å². The maximum atomic E-state index is 6.09. The van der Waals surface area contributed by atoms with E-state index < -0.39 is 0 Å². The maximum absolute atomic E-state index is 6.09. The van der Waals surface area contributed by atoms with Crippen LogP contribution in [0.4, 0.5) is 5.95 Å². The SMILES string of the molecule is CC(C)(C1CC1)n1c(N)nc2ccc(Br)cc21. The summed E-state index contributed by atoms with van der Waals surface area (Å²) in [4.78, 5) is 4.45. The summed E-state index contributed by atoms with van der Waals surface area (Å²) in [6, 6.07) is 6.11. The number of nitrogen functional groups attached to an aromatic ring is 1. The van der Waals surface area contributed by atoms with Gasteiger partial charge in [-0.3, -0.25) is 0 Å². The summed E-state index contributed by atoms with van der Waals surface area (Å²) in [6.07, 6.45) is 2.58. The monoisotopic (exact) mass is 293 g/mol. The summed E-state index contributed by atoms with van der Waals surface area (Å²) < 4.78 is 3.25. The van der Waals surface area contributed by atoms with Gasteiger partial charge in [0.15, 0.2) is 0 Å². The number of imidazole rings is 1. The second-order valence-corrected chi connectivity index (χ2v) is 6.28. The predicted molar refractivity (Wildman–Crippen MR) is 73.9 cm³/mol. The molecule has 1 aliphatic rings. The van der Waals surface area contributed by atoms with Crippen molar-refractivity contribution in [1.82, 2.24) is 9.55 Å². The third-order valence-corrected chi connectivity index (χ3v) is 4.29. The summed E-state index contributed by atoms with van der Waals surface area (Å²) in [6.45, 7) is 4.51. The summed E-state index contributed by atoms with van der Waals surface area (Å²) in [7, 11) is 0. The molecule has 1 heterocycles. The first-order valence-corrected chi connectivity index (χ1v) is 6.73. The van der Waals surface area contributed by atoms with Crippen molar-refractivity contribution in [1.29, 1.82) is 0 Å². The first-order chi connectivity index (χ1) is 8.00. The van der Waals surface area contributed by atoms with E-state index in [-0.39, 0.29) is 5.54 Å². The number of anilines is 1. The van der Waals surface area contributed by atoms with Gasteiger partial charge in [0, 0.05) is 10.0 Å². The Kier molecular flexibility index (Phi) is 2.27. The van der Waals surface area contributed by atoms with Crippen LogP contribution in [0.2, 0.25) is 0 Å². The molecule has 0 saturated heterocycles. The van der Waals surface area contributed by atoms with E-state index in [2.05, 4.69) is 45.4 Å². The second-order valence-electron chi connectivity index (χ2n) is 5.37. The van der Waals surface area contributed by atoms with Crippen LogP contribution in [0.25, 0.3) is 11.0 Å². The number of aromatic nitrogens is 2. The number of benzene rings is 1. The molecular formula is C13H16BrN3. The standard InChI is InChI=1S/C13H16BrN3/c1-13(2,8-3-4-8)17-11-7-9(14)5-6-10(11)16-12(17)15/h5-8H,3-4H2,1-2H3,(H2,15,16). The lowest BCUT2D eigenvalue weighted by Crippen LogP contribution is -2.29. The molecule has 1 saturated carbocycles. The van der Waals surface area contributed by atoms with Gasteiger partial charge in [0.25, 0.3) is 0 Å². The Labute approximate surface area is 109 Å². The van der Waals surface area contributed by atoms with E-state index in [1.807, 2.05) is 12.1 Å². The Morgan fingerprint density at radius 1 is 1.41 bits per heavy atom. The molecule has 0 radical (unpaired) electrons. The summed E-state index contributed by atoms with van der Waals surface area (Å²) in [5, 5.41) is 0. The topological polar surface area (TPSA) is 43.8 Å². The molecular weight excluding hydrogens is 278 g/mol. The van der Waals surface area contributed by atoms with Gasteiger partial charge in [-0.05, 0) is 50.8 Å². The first-order valence-electron chi connectivity index (χ1n) is 5.94. The average molecular weight is 294 g/mol. The summed E-state index contributed by atoms with van der Waals surface area (Å²) in [5.41, 5.74) is 8.24. The van der Waals surface area contributed by atoms with E-state index in [9.17, 15) is 0 Å². The Hall–Kier alpha value is -1.03. The van der Waals surface area contributed by atoms with Crippen molar-refractivity contribution in [3.63, 3.8) is 0 Å². The molecule has 2 aromatic rings. The van der Waals surface area contributed by atoms with Crippen molar-refractivity contribution < 1.29 is 0 Å². The van der Waals surface area contributed by atoms with Crippen LogP contribution in [0, 0.1) is 5.92 Å². The van der Waals surface area contributed by atoms with Gasteiger partial charge in [0.2, 0.25) is 5.95 Å². The molecule has 0 atom stereocenters. The van der Waals surface area contributed by atoms with Crippen molar-refractivity contribution in [2.24, 2.45) is 5.92 Å². The zero-order chi connectivity index (χ0) is 12.2. The molecule has 3 rings (SSSR count). The van der Waals surface area contributed by atoms with Crippen molar-refractivity contribution in [2.45, 2.75) is 32.2 Å². The summed E-state index contributed by atoms with van der Waals surface area (Å²) >= 11 is 3.51. The lowest BCUT2D eigenvalue weighted by Gasteiger charge is -2.28. The number of nitrogens with zero attached hydrogens (tertiary/aromatic N) is 2. The van der Waals surface area contributed by atoms with Gasteiger partial charge in [0.05, 0.1) is 11.0 Å². The van der Waals surface area contributed by atoms with Crippen LogP contribution < -0.4 is 5.73 Å². The Balaban J connectivity index is 2.27. The van der Waals surface area contributed by atoms with Crippen molar-refractivity contribution in [3.05, 3.63) is 22.7 Å². The minimum atomic E-state index is 0.0552. The molecule has 90 valence electrons. The fourth-order valence-corrected chi connectivity index (χ4v) is 2.99. The minimum Gasteiger partial charge on any atom is -0.369 e. The highest BCUT2D eigenvalue weighted by Gasteiger charge is 2.40. The Morgan fingerprint density at radius 2 is 2.12 bits per heavy atom. The molecule has 4 heteroatoms. The molecule has 17 heavy (non-hydrogen) atoms. The van der Waals surface area contributed by atoms with Gasteiger partial charge in [-0.25, -0.2) is 4.98 Å². The molecule has 1 aromatic heterocycles. The van der Waals surface area contributed by atoms with E-state index in [0.717, 1.165) is 21.4 Å². The van der Waals surface area contributed by atoms with Gasteiger partial charge >= 0.3 is 0 Å². The Bertz CT molecular complexity index is 582. The van der Waals surface area contributed by atoms with Crippen LogP contribution in [0.15, 0.2) is 22.7 Å². The molecule has 1 aliphatic carbocycles. The van der Waals surface area contributed by atoms with E-state index in [4.69, 9.17) is 5.73 Å². The van der Waals surface area contributed by atoms with Crippen molar-refractivity contribution in [2.75, 3.05) is 5.73 Å². The molecule has 1 aromatic carbocycles. The van der Waals surface area contributed by atoms with E-state index >= 15 is 0 Å². The lowest BCUT2D eigenvalue weighted by atomic mass is 9.98. The van der Waals surface area contributed by atoms with Crippen LogP contribution in [-0.2, 0) is 5.54 Å². The van der Waals surface area contributed by atoms with E-state index in [0.29, 0.717) is 5.95 Å². The molecule has 0 unspecified atom stereocenters. The zero-order valence-electron chi connectivity index (χ0n) is 10.1. The third kappa shape index (κ3) is 1.66. The fourth-order valence-electron chi connectivity index (χ4n) is 2.65. The van der Waals surface area contributed by atoms with E-state index in [1.165, 1.54) is 12.8 Å². The number of fused-ring (bicyclic) bond motifs is 1. The molecule has 0 amide bonds. The van der Waals surface area contributed by atoms with Gasteiger partial charge in [-0.2, -0.15) is 0 Å². The maximum Gasteiger partial charge on any atom is 0.201 e. The fraction of sp³-hybridized carbons (Fsp3) is 0.462. The number of nitrogens with two attached hydrogens (primary N) is 1. The van der Waals surface area contributed by atoms with Crippen LogP contribution in [-0.4, -0.2) is 9.55 Å². The largest absolute Gasteiger partial charge is 0.369 e. The highest BCUT2D eigenvalue weighted by atomic mass is 79.9. The highest BCUT2D eigenvalue weighted by Crippen LogP contribution is 2.46. The number of halogens is 1. The first kappa shape index (κ1) is 11.1. The number of hydrogen-bond acceptors (Lipinski definition) is 2. The molecule has 3 nitrogen and oxygen atoms in total. The van der Waals surface area contributed by atoms with Gasteiger partial charge in [-0.15, -0.1) is 0 Å². The minimum absolute atomic E-state index is 0.0552. The van der Waals surface area contributed by atoms with Crippen LogP contribution in [0.5, 0.6) is 0 Å². The lowest BCUT2D eigenvalue weighted by molar-refractivity contribution is 0.318. The molecule has 0 aliphatic heterocycles. The van der Waals surface area contributed by atoms with Crippen molar-refractivity contribution >= 4 is 32.9 Å². The number of rotatable bonds is 2. The van der Waals surface area contributed by atoms with Crippen LogP contribution >= 0.6 is 15.9 Å². The zero-order valence-corrected chi connectivity index (χ0v) is 11.7. The Morgan fingerprint density at radius 3 is 2.76 bits per heavy atom. The van der Waals surface area contributed by atoms with Crippen molar-refractivity contribution in [3.8, 4) is 0 Å². The predicted octanol–water partition coefficient (Wildman–Crippen LogP) is 3.53. The van der Waals surface area contributed by atoms with Crippen LogP contribution in [0.1, 0.15) is 26.7 Å². The smallest absolute Gasteiger partial charge is 0.201 e. The molecule has 2 N–H and O–H groups in total. The normalized spacial score (nSPS) is 16.6. The third-order valence-electron chi connectivity index (χ3n) is 3.80. The van der Waals surface area contributed by atoms with Gasteiger partial charge < -0.3 is 10.3 Å². The molecule has 0 spiro atoms. The molecule has 0 bridgehead atoms. The van der Waals surface area contributed by atoms with Crippen LogP contribution in [0.3, 0.4) is 0 Å². The molecule has 1 fully saturated rings. The second kappa shape index (κ2) is 3.48. The average Bonchev–Trinajstić information content (AvgIpc) is 3.02. The van der Waals surface area contributed by atoms with Gasteiger partial charge in [-0.1, -0.05) is 15.9 Å². The highest BCUT2D eigenvalue weighted by molar-refractivity contribution is 9.10. The number of hydrogen-bond donors (Lipinski definition) is 1. The van der Waals surface area contributed by atoms with Gasteiger partial charge in [0.1, 0.15) is 0 Å². The summed E-state index contributed by atoms with van der Waals surface area (Å²) in [5.74, 6) is 1.34.